The van der Waals surface area contributed by atoms with Crippen LogP contribution in [0, 0.1) is 0 Å². The number of nitrogens with zero attached hydrogens (tertiary/aromatic N) is 1. The van der Waals surface area contributed by atoms with E-state index in [-0.39, 0.29) is 12.0 Å². The zero-order valence-corrected chi connectivity index (χ0v) is 15.9. The first kappa shape index (κ1) is 18.8. The van der Waals surface area contributed by atoms with Crippen molar-refractivity contribution < 1.29 is 14.3 Å². The first-order valence-corrected chi connectivity index (χ1v) is 8.95. The second-order valence-corrected chi connectivity index (χ2v) is 6.77. The molecule has 1 amide bonds. The Morgan fingerprint density at radius 1 is 1.15 bits per heavy atom. The standard InChI is InChI=1S/C19H16BrN3O4/c1-11(18(25)21-13-8-6-12(20)7-9-13)27-17(24)10-16-14-4-2-3-5-15(14)19(26)23-22-16/h2-9,11H,10H2,1H3,(H,21,25)(H,23,26)/t11-/m1/s1. The van der Waals surface area contributed by atoms with E-state index in [2.05, 4.69) is 31.4 Å². The number of hydrogen-bond donors (Lipinski definition) is 2. The number of halogens is 1. The molecule has 8 heteroatoms. The second kappa shape index (κ2) is 8.13. The number of benzene rings is 2. The summed E-state index contributed by atoms with van der Waals surface area (Å²) >= 11 is 3.32. The minimum Gasteiger partial charge on any atom is -0.452 e. The normalized spacial score (nSPS) is 11.8. The molecule has 7 nitrogen and oxygen atoms in total. The van der Waals surface area contributed by atoms with Gasteiger partial charge in [-0.15, -0.1) is 0 Å². The maximum atomic E-state index is 12.2. The summed E-state index contributed by atoms with van der Waals surface area (Å²) in [6.07, 6.45) is -1.14. The number of rotatable bonds is 5. The maximum Gasteiger partial charge on any atom is 0.312 e. The highest BCUT2D eigenvalue weighted by atomic mass is 79.9. The quantitative estimate of drug-likeness (QED) is 0.607. The lowest BCUT2D eigenvalue weighted by Gasteiger charge is -2.14. The predicted molar refractivity (Wildman–Crippen MR) is 104 cm³/mol. The Labute approximate surface area is 162 Å². The number of esters is 1. The number of carbonyl (C=O) groups is 2. The van der Waals surface area contributed by atoms with Gasteiger partial charge >= 0.3 is 5.97 Å². The molecule has 0 aliphatic carbocycles. The van der Waals surface area contributed by atoms with Crippen molar-refractivity contribution in [3.8, 4) is 0 Å². The first-order chi connectivity index (χ1) is 12.9. The fourth-order valence-corrected chi connectivity index (χ4v) is 2.78. The van der Waals surface area contributed by atoms with Crippen LogP contribution in [-0.4, -0.2) is 28.2 Å². The molecule has 3 aromatic rings. The summed E-state index contributed by atoms with van der Waals surface area (Å²) in [6.45, 7) is 1.49. The van der Waals surface area contributed by atoms with Crippen LogP contribution in [0.2, 0.25) is 0 Å². The number of ether oxygens (including phenoxy) is 1. The molecule has 0 bridgehead atoms. The second-order valence-electron chi connectivity index (χ2n) is 5.85. The molecule has 1 heterocycles. The van der Waals surface area contributed by atoms with Crippen LogP contribution in [0.3, 0.4) is 0 Å². The van der Waals surface area contributed by atoms with Gasteiger partial charge in [-0.3, -0.25) is 14.4 Å². The lowest BCUT2D eigenvalue weighted by molar-refractivity contribution is -0.152. The Morgan fingerprint density at radius 3 is 2.52 bits per heavy atom. The van der Waals surface area contributed by atoms with Crippen LogP contribution < -0.4 is 10.9 Å². The van der Waals surface area contributed by atoms with Crippen molar-refractivity contribution in [3.05, 3.63) is 69.1 Å². The van der Waals surface area contributed by atoms with Crippen LogP contribution >= 0.6 is 15.9 Å². The SMILES string of the molecule is C[C@@H](OC(=O)Cc1n[nH]c(=O)c2ccccc12)C(=O)Nc1ccc(Br)cc1. The molecular formula is C19H16BrN3O4. The smallest absolute Gasteiger partial charge is 0.312 e. The van der Waals surface area contributed by atoms with Crippen LogP contribution in [0.25, 0.3) is 10.8 Å². The van der Waals surface area contributed by atoms with Crippen molar-refractivity contribution in [2.24, 2.45) is 0 Å². The molecule has 0 aliphatic rings. The minimum atomic E-state index is -0.977. The van der Waals surface area contributed by atoms with Crippen LogP contribution in [0.1, 0.15) is 12.6 Å². The molecular weight excluding hydrogens is 414 g/mol. The summed E-state index contributed by atoms with van der Waals surface area (Å²) in [4.78, 5) is 36.2. The average Bonchev–Trinajstić information content (AvgIpc) is 2.66. The maximum absolute atomic E-state index is 12.2. The Kier molecular flexibility index (Phi) is 5.66. The van der Waals surface area contributed by atoms with E-state index in [0.717, 1.165) is 4.47 Å². The van der Waals surface area contributed by atoms with E-state index in [1.54, 1.807) is 48.5 Å². The lowest BCUT2D eigenvalue weighted by Crippen LogP contribution is -2.30. The minimum absolute atomic E-state index is 0.160. The molecule has 2 aromatic carbocycles. The van der Waals surface area contributed by atoms with Gasteiger partial charge in [-0.1, -0.05) is 34.1 Å². The first-order valence-electron chi connectivity index (χ1n) is 8.16. The van der Waals surface area contributed by atoms with Gasteiger partial charge in [-0.2, -0.15) is 5.10 Å². The third-order valence-electron chi connectivity index (χ3n) is 3.88. The van der Waals surface area contributed by atoms with Crippen molar-refractivity contribution in [1.29, 1.82) is 0 Å². The largest absolute Gasteiger partial charge is 0.452 e. The van der Waals surface area contributed by atoms with Gasteiger partial charge < -0.3 is 10.1 Å². The molecule has 27 heavy (non-hydrogen) atoms. The molecule has 138 valence electrons. The van der Waals surface area contributed by atoms with E-state index in [9.17, 15) is 14.4 Å². The summed E-state index contributed by atoms with van der Waals surface area (Å²) in [5.74, 6) is -1.05. The number of nitrogens with one attached hydrogen (secondary N) is 2. The van der Waals surface area contributed by atoms with E-state index in [0.29, 0.717) is 22.2 Å². The van der Waals surface area contributed by atoms with Gasteiger partial charge in [-0.25, -0.2) is 5.10 Å². The monoisotopic (exact) mass is 429 g/mol. The number of fused-ring (bicyclic) bond motifs is 1. The summed E-state index contributed by atoms with van der Waals surface area (Å²) in [7, 11) is 0. The summed E-state index contributed by atoms with van der Waals surface area (Å²) in [5, 5.41) is 9.99. The lowest BCUT2D eigenvalue weighted by atomic mass is 10.1. The van der Waals surface area contributed by atoms with Crippen molar-refractivity contribution in [2.45, 2.75) is 19.4 Å². The van der Waals surface area contributed by atoms with Crippen LogP contribution in [-0.2, 0) is 20.7 Å². The highest BCUT2D eigenvalue weighted by molar-refractivity contribution is 9.10. The molecule has 1 atom stereocenters. The zero-order chi connectivity index (χ0) is 19.4. The number of hydrogen-bond acceptors (Lipinski definition) is 5. The molecule has 0 saturated heterocycles. The molecule has 3 rings (SSSR count). The van der Waals surface area contributed by atoms with Crippen molar-refractivity contribution in [1.82, 2.24) is 10.2 Å². The van der Waals surface area contributed by atoms with Crippen molar-refractivity contribution in [3.63, 3.8) is 0 Å². The number of aromatic nitrogens is 2. The molecule has 0 saturated carbocycles. The number of aromatic amines is 1. The molecule has 2 N–H and O–H groups in total. The van der Waals surface area contributed by atoms with Gasteiger partial charge in [0.1, 0.15) is 0 Å². The molecule has 1 aromatic heterocycles. The molecule has 0 aliphatic heterocycles. The molecule has 0 radical (unpaired) electrons. The number of amides is 1. The average molecular weight is 430 g/mol. The number of H-pyrrole nitrogens is 1. The Hall–Kier alpha value is -3.00. The topological polar surface area (TPSA) is 101 Å². The fraction of sp³-hybridized carbons (Fsp3) is 0.158. The third-order valence-corrected chi connectivity index (χ3v) is 4.40. The zero-order valence-electron chi connectivity index (χ0n) is 14.4. The van der Waals surface area contributed by atoms with E-state index in [4.69, 9.17) is 4.74 Å². The van der Waals surface area contributed by atoms with Gasteiger partial charge in [0.15, 0.2) is 6.10 Å². The van der Waals surface area contributed by atoms with Crippen molar-refractivity contribution in [2.75, 3.05) is 5.32 Å². The van der Waals surface area contributed by atoms with Crippen LogP contribution in [0.15, 0.2) is 57.8 Å². The van der Waals surface area contributed by atoms with E-state index >= 15 is 0 Å². The Balaban J connectivity index is 1.65. The molecule has 0 fully saturated rings. The van der Waals surface area contributed by atoms with E-state index in [1.165, 1.54) is 6.92 Å². The van der Waals surface area contributed by atoms with Crippen molar-refractivity contribution >= 4 is 44.3 Å². The van der Waals surface area contributed by atoms with Crippen LogP contribution in [0.4, 0.5) is 5.69 Å². The highest BCUT2D eigenvalue weighted by Gasteiger charge is 2.19. The fourth-order valence-electron chi connectivity index (χ4n) is 2.51. The van der Waals surface area contributed by atoms with E-state index < -0.39 is 18.0 Å². The Bertz CT molecular complexity index is 1050. The Morgan fingerprint density at radius 2 is 1.81 bits per heavy atom. The van der Waals surface area contributed by atoms with Crippen LogP contribution in [0.5, 0.6) is 0 Å². The van der Waals surface area contributed by atoms with E-state index in [1.807, 2.05) is 0 Å². The highest BCUT2D eigenvalue weighted by Crippen LogP contribution is 2.15. The summed E-state index contributed by atoms with van der Waals surface area (Å²) in [5.41, 5.74) is 0.653. The molecule has 0 unspecified atom stereocenters. The molecule has 0 spiro atoms. The third kappa shape index (κ3) is 4.59. The number of carbonyl (C=O) groups excluding carboxylic acids is 2. The van der Waals surface area contributed by atoms with Gasteiger partial charge in [0, 0.05) is 15.5 Å². The number of anilines is 1. The van der Waals surface area contributed by atoms with Gasteiger partial charge in [-0.05, 0) is 37.3 Å². The summed E-state index contributed by atoms with van der Waals surface area (Å²) < 4.78 is 6.09. The van der Waals surface area contributed by atoms with Gasteiger partial charge in [0.05, 0.1) is 17.5 Å². The van der Waals surface area contributed by atoms with Gasteiger partial charge in [0.2, 0.25) is 0 Å². The summed E-state index contributed by atoms with van der Waals surface area (Å²) in [6, 6.07) is 13.9. The van der Waals surface area contributed by atoms with Gasteiger partial charge in [0.25, 0.3) is 11.5 Å². The predicted octanol–water partition coefficient (Wildman–Crippen LogP) is 2.80.